The molecule has 0 bridgehead atoms. The predicted octanol–water partition coefficient (Wildman–Crippen LogP) is 5.72. The van der Waals surface area contributed by atoms with Gasteiger partial charge < -0.3 is 9.47 Å². The molecule has 154 valence electrons. The molecule has 0 N–H and O–H groups in total. The summed E-state index contributed by atoms with van der Waals surface area (Å²) in [6.45, 7) is 3.96. The van der Waals surface area contributed by atoms with E-state index in [9.17, 15) is 9.59 Å². The fourth-order valence-electron chi connectivity index (χ4n) is 3.38. The molecular formula is C26H21NO4. The average Bonchev–Trinajstić information content (AvgIpc) is 2.79. The van der Waals surface area contributed by atoms with Crippen molar-refractivity contribution in [3.63, 3.8) is 0 Å². The van der Waals surface area contributed by atoms with Crippen LogP contribution in [0.4, 0.5) is 0 Å². The number of pyridine rings is 1. The van der Waals surface area contributed by atoms with Gasteiger partial charge in [0.15, 0.2) is 5.78 Å². The van der Waals surface area contributed by atoms with Crippen molar-refractivity contribution in [3.8, 4) is 22.8 Å². The largest absolute Gasteiger partial charge is 0.494 e. The second-order valence-corrected chi connectivity index (χ2v) is 6.97. The Kier molecular flexibility index (Phi) is 5.76. The minimum Gasteiger partial charge on any atom is -0.494 e. The second kappa shape index (κ2) is 8.79. The van der Waals surface area contributed by atoms with Crippen molar-refractivity contribution >= 4 is 22.7 Å². The lowest BCUT2D eigenvalue weighted by molar-refractivity contribution is 0.0735. The monoisotopic (exact) mass is 411 g/mol. The molecule has 5 nitrogen and oxygen atoms in total. The average molecular weight is 411 g/mol. The van der Waals surface area contributed by atoms with Crippen LogP contribution in [-0.2, 0) is 0 Å². The van der Waals surface area contributed by atoms with Gasteiger partial charge in [-0.1, -0.05) is 30.3 Å². The van der Waals surface area contributed by atoms with E-state index in [1.54, 1.807) is 30.3 Å². The second-order valence-electron chi connectivity index (χ2n) is 6.97. The maximum absolute atomic E-state index is 13.1. The zero-order valence-corrected chi connectivity index (χ0v) is 17.3. The van der Waals surface area contributed by atoms with Crippen LogP contribution >= 0.6 is 0 Å². The van der Waals surface area contributed by atoms with Gasteiger partial charge in [-0.2, -0.15) is 0 Å². The Morgan fingerprint density at radius 3 is 2.32 bits per heavy atom. The molecule has 0 spiro atoms. The number of hydrogen-bond acceptors (Lipinski definition) is 5. The number of esters is 1. The summed E-state index contributed by atoms with van der Waals surface area (Å²) in [6.07, 6.45) is 0. The molecule has 0 aliphatic carbocycles. The molecule has 0 aliphatic heterocycles. The van der Waals surface area contributed by atoms with Crippen LogP contribution in [0.5, 0.6) is 11.5 Å². The standard InChI is InChI=1S/C26H21NO4/c1-3-30-19-14-12-18(13-15-19)24-16-22(21-9-4-6-10-23(21)27-24)26(29)31-25-11-7-5-8-20(25)17(2)28/h4-16H,3H2,1-2H3. The number of ether oxygens (including phenoxy) is 2. The van der Waals surface area contributed by atoms with Crippen molar-refractivity contribution in [1.29, 1.82) is 0 Å². The molecule has 3 aromatic carbocycles. The third kappa shape index (κ3) is 4.31. The molecular weight excluding hydrogens is 390 g/mol. The first-order valence-electron chi connectivity index (χ1n) is 10.0. The molecule has 5 heteroatoms. The summed E-state index contributed by atoms with van der Waals surface area (Å²) in [5.41, 5.74) is 2.93. The number of carbonyl (C=O) groups excluding carboxylic acids is 2. The van der Waals surface area contributed by atoms with Crippen LogP contribution in [-0.4, -0.2) is 23.3 Å². The van der Waals surface area contributed by atoms with Crippen molar-refractivity contribution in [2.45, 2.75) is 13.8 Å². The van der Waals surface area contributed by atoms with Crippen molar-refractivity contribution in [2.24, 2.45) is 0 Å². The van der Waals surface area contributed by atoms with Crippen LogP contribution in [0.1, 0.15) is 34.6 Å². The number of aromatic nitrogens is 1. The Bertz CT molecular complexity index is 1260. The van der Waals surface area contributed by atoms with E-state index in [1.807, 2.05) is 55.5 Å². The number of benzene rings is 3. The van der Waals surface area contributed by atoms with Gasteiger partial charge in [0.1, 0.15) is 11.5 Å². The molecule has 0 fully saturated rings. The molecule has 4 rings (SSSR count). The van der Waals surface area contributed by atoms with Crippen molar-refractivity contribution < 1.29 is 19.1 Å². The predicted molar refractivity (Wildman–Crippen MR) is 120 cm³/mol. The van der Waals surface area contributed by atoms with Crippen molar-refractivity contribution in [3.05, 3.63) is 90.0 Å². The lowest BCUT2D eigenvalue weighted by Crippen LogP contribution is -2.12. The van der Waals surface area contributed by atoms with E-state index >= 15 is 0 Å². The minimum absolute atomic E-state index is 0.168. The van der Waals surface area contributed by atoms with Gasteiger partial charge in [-0.25, -0.2) is 9.78 Å². The Balaban J connectivity index is 1.76. The van der Waals surface area contributed by atoms with Gasteiger partial charge in [0, 0.05) is 10.9 Å². The minimum atomic E-state index is -0.542. The van der Waals surface area contributed by atoms with Crippen LogP contribution in [0.2, 0.25) is 0 Å². The summed E-state index contributed by atoms with van der Waals surface area (Å²) in [6, 6.07) is 23.4. The number of carbonyl (C=O) groups is 2. The normalized spacial score (nSPS) is 10.6. The zero-order chi connectivity index (χ0) is 21.8. The van der Waals surface area contributed by atoms with E-state index in [0.29, 0.717) is 34.3 Å². The Labute approximate surface area is 180 Å². The van der Waals surface area contributed by atoms with Gasteiger partial charge in [-0.15, -0.1) is 0 Å². The van der Waals surface area contributed by atoms with E-state index in [0.717, 1.165) is 11.3 Å². The number of rotatable bonds is 6. The van der Waals surface area contributed by atoms with E-state index < -0.39 is 5.97 Å². The summed E-state index contributed by atoms with van der Waals surface area (Å²) in [5, 5.41) is 0.683. The van der Waals surface area contributed by atoms with Gasteiger partial charge in [-0.05, 0) is 62.4 Å². The van der Waals surface area contributed by atoms with Gasteiger partial charge in [0.2, 0.25) is 0 Å². The topological polar surface area (TPSA) is 65.5 Å². The molecule has 4 aromatic rings. The van der Waals surface area contributed by atoms with Gasteiger partial charge in [0.25, 0.3) is 0 Å². The fourth-order valence-corrected chi connectivity index (χ4v) is 3.38. The van der Waals surface area contributed by atoms with Crippen LogP contribution in [0.15, 0.2) is 78.9 Å². The summed E-state index contributed by atoms with van der Waals surface area (Å²) >= 11 is 0. The van der Waals surface area contributed by atoms with Crippen LogP contribution in [0.25, 0.3) is 22.2 Å². The van der Waals surface area contributed by atoms with Crippen molar-refractivity contribution in [2.75, 3.05) is 6.61 Å². The summed E-state index contributed by atoms with van der Waals surface area (Å²) < 4.78 is 11.1. The fraction of sp³-hybridized carbons (Fsp3) is 0.115. The van der Waals surface area contributed by atoms with Crippen LogP contribution < -0.4 is 9.47 Å². The molecule has 1 aromatic heterocycles. The first-order valence-corrected chi connectivity index (χ1v) is 10.0. The number of hydrogen-bond donors (Lipinski definition) is 0. The number of ketones is 1. The number of fused-ring (bicyclic) bond motifs is 1. The molecule has 1 heterocycles. The van der Waals surface area contributed by atoms with Gasteiger partial charge in [0.05, 0.1) is 28.9 Å². The molecule has 0 aliphatic rings. The molecule has 31 heavy (non-hydrogen) atoms. The Hall–Kier alpha value is -3.99. The number of para-hydroxylation sites is 2. The molecule has 0 saturated carbocycles. The van der Waals surface area contributed by atoms with E-state index in [-0.39, 0.29) is 11.5 Å². The van der Waals surface area contributed by atoms with E-state index in [1.165, 1.54) is 6.92 Å². The SMILES string of the molecule is CCOc1ccc(-c2cc(C(=O)Oc3ccccc3C(C)=O)c3ccccc3n2)cc1. The third-order valence-electron chi connectivity index (χ3n) is 4.87. The summed E-state index contributed by atoms with van der Waals surface area (Å²) in [7, 11) is 0. The Morgan fingerprint density at radius 2 is 1.58 bits per heavy atom. The summed E-state index contributed by atoms with van der Waals surface area (Å²) in [5.74, 6) is 0.300. The van der Waals surface area contributed by atoms with Crippen LogP contribution in [0, 0.1) is 0 Å². The lowest BCUT2D eigenvalue weighted by atomic mass is 10.0. The maximum atomic E-state index is 13.1. The Morgan fingerprint density at radius 1 is 0.871 bits per heavy atom. The smallest absolute Gasteiger partial charge is 0.344 e. The highest BCUT2D eigenvalue weighted by atomic mass is 16.5. The first kappa shape index (κ1) is 20.3. The van der Waals surface area contributed by atoms with E-state index in [2.05, 4.69) is 0 Å². The van der Waals surface area contributed by atoms with Gasteiger partial charge >= 0.3 is 5.97 Å². The molecule has 0 radical (unpaired) electrons. The molecule has 0 saturated heterocycles. The zero-order valence-electron chi connectivity index (χ0n) is 17.3. The molecule has 0 amide bonds. The highest BCUT2D eigenvalue weighted by molar-refractivity contribution is 6.06. The quantitative estimate of drug-likeness (QED) is 0.231. The molecule has 0 atom stereocenters. The lowest BCUT2D eigenvalue weighted by Gasteiger charge is -2.12. The van der Waals surface area contributed by atoms with E-state index in [4.69, 9.17) is 14.5 Å². The van der Waals surface area contributed by atoms with Gasteiger partial charge in [-0.3, -0.25) is 4.79 Å². The number of Topliss-reactive ketones (excluding diaryl/α,β-unsaturated/α-hetero) is 1. The maximum Gasteiger partial charge on any atom is 0.344 e. The third-order valence-corrected chi connectivity index (χ3v) is 4.87. The molecule has 0 unspecified atom stereocenters. The highest BCUT2D eigenvalue weighted by Gasteiger charge is 2.18. The first-order chi connectivity index (χ1) is 15.1. The summed E-state index contributed by atoms with van der Waals surface area (Å²) in [4.78, 5) is 29.8. The number of nitrogens with zero attached hydrogens (tertiary/aromatic N) is 1. The highest BCUT2D eigenvalue weighted by Crippen LogP contribution is 2.28. The van der Waals surface area contributed by atoms with Crippen LogP contribution in [0.3, 0.4) is 0 Å². The van der Waals surface area contributed by atoms with Crippen molar-refractivity contribution in [1.82, 2.24) is 4.98 Å².